The molecule has 1 aromatic heterocycles. The van der Waals surface area contributed by atoms with Crippen LogP contribution in [0, 0.1) is 11.7 Å². The minimum atomic E-state index is -0.260. The molecule has 0 spiro atoms. The minimum absolute atomic E-state index is 0.0477. The van der Waals surface area contributed by atoms with Crippen LogP contribution in [0.25, 0.3) is 22.0 Å². The summed E-state index contributed by atoms with van der Waals surface area (Å²) in [6.07, 6.45) is 2.99. The zero-order valence-corrected chi connectivity index (χ0v) is 19.3. The third kappa shape index (κ3) is 5.47. The van der Waals surface area contributed by atoms with Crippen LogP contribution < -0.4 is 5.32 Å². The van der Waals surface area contributed by atoms with Crippen LogP contribution in [0.3, 0.4) is 0 Å². The summed E-state index contributed by atoms with van der Waals surface area (Å²) in [7, 11) is 0. The maximum absolute atomic E-state index is 13.3. The fraction of sp³-hybridized carbons (Fsp3) is 0.320. The number of rotatable bonds is 7. The SMILES string of the molecule is C/C=C(/C)N=C(C(C)CC)C(C)Nc1nc(Cl)nc2ccc(-c3ccc(F)cc3)cc12. The van der Waals surface area contributed by atoms with Gasteiger partial charge < -0.3 is 5.32 Å². The van der Waals surface area contributed by atoms with Gasteiger partial charge in [-0.15, -0.1) is 0 Å². The van der Waals surface area contributed by atoms with Crippen molar-refractivity contribution in [3.63, 3.8) is 0 Å². The third-order valence-corrected chi connectivity index (χ3v) is 5.65. The molecule has 2 atom stereocenters. The molecule has 3 aromatic rings. The molecule has 2 unspecified atom stereocenters. The second-order valence-corrected chi connectivity index (χ2v) is 8.06. The van der Waals surface area contributed by atoms with Gasteiger partial charge in [-0.2, -0.15) is 0 Å². The van der Waals surface area contributed by atoms with Crippen molar-refractivity contribution in [2.24, 2.45) is 10.9 Å². The van der Waals surface area contributed by atoms with Gasteiger partial charge >= 0.3 is 0 Å². The first kappa shape index (κ1) is 22.9. The smallest absolute Gasteiger partial charge is 0.224 e. The third-order valence-electron chi connectivity index (χ3n) is 5.48. The quantitative estimate of drug-likeness (QED) is 0.311. The molecule has 3 rings (SSSR count). The van der Waals surface area contributed by atoms with Crippen LogP contribution >= 0.6 is 11.6 Å². The summed E-state index contributed by atoms with van der Waals surface area (Å²) in [5.41, 5.74) is 4.66. The molecule has 1 heterocycles. The number of halogens is 2. The van der Waals surface area contributed by atoms with Gasteiger partial charge in [0.1, 0.15) is 11.6 Å². The largest absolute Gasteiger partial charge is 0.362 e. The van der Waals surface area contributed by atoms with E-state index >= 15 is 0 Å². The van der Waals surface area contributed by atoms with Gasteiger partial charge in [-0.1, -0.05) is 38.1 Å². The molecule has 1 N–H and O–H groups in total. The lowest BCUT2D eigenvalue weighted by Gasteiger charge is -2.22. The van der Waals surface area contributed by atoms with E-state index in [0.29, 0.717) is 11.7 Å². The number of aliphatic imine (C=N–C) groups is 1. The molecular formula is C25H28ClFN4. The Morgan fingerprint density at radius 2 is 1.81 bits per heavy atom. The lowest BCUT2D eigenvalue weighted by atomic mass is 9.96. The predicted octanol–water partition coefficient (Wildman–Crippen LogP) is 7.30. The van der Waals surface area contributed by atoms with Crippen LogP contribution in [-0.2, 0) is 0 Å². The molecule has 0 aliphatic carbocycles. The fourth-order valence-corrected chi connectivity index (χ4v) is 3.60. The van der Waals surface area contributed by atoms with Crippen LogP contribution in [0.4, 0.5) is 10.2 Å². The Kier molecular flexibility index (Phi) is 7.39. The van der Waals surface area contributed by atoms with Crippen LogP contribution in [0.5, 0.6) is 0 Å². The first-order valence-corrected chi connectivity index (χ1v) is 10.9. The number of aromatic nitrogens is 2. The van der Waals surface area contributed by atoms with Gasteiger partial charge in [0.2, 0.25) is 5.28 Å². The number of nitrogens with zero attached hydrogens (tertiary/aromatic N) is 3. The van der Waals surface area contributed by atoms with Crippen molar-refractivity contribution in [2.45, 2.75) is 47.1 Å². The van der Waals surface area contributed by atoms with E-state index in [1.807, 2.05) is 38.1 Å². The molecule has 4 nitrogen and oxygen atoms in total. The maximum Gasteiger partial charge on any atom is 0.224 e. The number of benzene rings is 2. The molecule has 0 radical (unpaired) electrons. The van der Waals surface area contributed by atoms with Crippen LogP contribution in [0.2, 0.25) is 5.28 Å². The Bertz CT molecular complexity index is 1120. The first-order chi connectivity index (χ1) is 14.8. The van der Waals surface area contributed by atoms with E-state index in [9.17, 15) is 4.39 Å². The highest BCUT2D eigenvalue weighted by Crippen LogP contribution is 2.29. The summed E-state index contributed by atoms with van der Waals surface area (Å²) < 4.78 is 13.3. The zero-order chi connectivity index (χ0) is 22.5. The van der Waals surface area contributed by atoms with Crippen LogP contribution in [-0.4, -0.2) is 21.7 Å². The molecule has 0 aliphatic rings. The van der Waals surface area contributed by atoms with Gasteiger partial charge in [0, 0.05) is 16.8 Å². The van der Waals surface area contributed by atoms with Crippen molar-refractivity contribution in [1.29, 1.82) is 0 Å². The molecular weight excluding hydrogens is 411 g/mol. The monoisotopic (exact) mass is 438 g/mol. The molecule has 0 fully saturated rings. The summed E-state index contributed by atoms with van der Waals surface area (Å²) in [5.74, 6) is 0.709. The summed E-state index contributed by atoms with van der Waals surface area (Å²) in [4.78, 5) is 13.7. The van der Waals surface area contributed by atoms with Crippen molar-refractivity contribution >= 4 is 34.0 Å². The Labute approximate surface area is 188 Å². The highest BCUT2D eigenvalue weighted by atomic mass is 35.5. The van der Waals surface area contributed by atoms with E-state index in [1.54, 1.807) is 12.1 Å². The molecule has 0 amide bonds. The van der Waals surface area contributed by atoms with Gasteiger partial charge in [0.15, 0.2) is 0 Å². The van der Waals surface area contributed by atoms with Crippen molar-refractivity contribution in [1.82, 2.24) is 9.97 Å². The molecule has 0 bridgehead atoms. The normalized spacial score (nSPS) is 14.5. The Balaban J connectivity index is 2.04. The van der Waals surface area contributed by atoms with E-state index in [0.717, 1.165) is 39.9 Å². The second-order valence-electron chi connectivity index (χ2n) is 7.72. The molecule has 6 heteroatoms. The number of hydrogen-bond acceptors (Lipinski definition) is 4. The Morgan fingerprint density at radius 1 is 1.13 bits per heavy atom. The summed E-state index contributed by atoms with van der Waals surface area (Å²) >= 11 is 6.21. The maximum atomic E-state index is 13.3. The van der Waals surface area contributed by atoms with Crippen LogP contribution in [0.15, 0.2) is 59.2 Å². The lowest BCUT2D eigenvalue weighted by Crippen LogP contribution is -2.31. The zero-order valence-electron chi connectivity index (χ0n) is 18.6. The summed E-state index contributed by atoms with van der Waals surface area (Å²) in [6, 6.07) is 12.3. The average molecular weight is 439 g/mol. The van der Waals surface area contributed by atoms with E-state index in [4.69, 9.17) is 16.6 Å². The first-order valence-electron chi connectivity index (χ1n) is 10.5. The van der Waals surface area contributed by atoms with Crippen molar-refractivity contribution in [2.75, 3.05) is 5.32 Å². The molecule has 0 aliphatic heterocycles. The summed E-state index contributed by atoms with van der Waals surface area (Å²) in [6.45, 7) is 10.4. The van der Waals surface area contributed by atoms with Crippen molar-refractivity contribution in [3.05, 3.63) is 65.3 Å². The van der Waals surface area contributed by atoms with E-state index in [1.165, 1.54) is 12.1 Å². The lowest BCUT2D eigenvalue weighted by molar-refractivity contribution is 0.628. The molecule has 162 valence electrons. The number of hydrogen-bond donors (Lipinski definition) is 1. The highest BCUT2D eigenvalue weighted by molar-refractivity contribution is 6.28. The van der Waals surface area contributed by atoms with Crippen LogP contribution in [0.1, 0.15) is 41.0 Å². The average Bonchev–Trinajstić information content (AvgIpc) is 2.76. The standard InChI is InChI=1S/C25H28ClFN4/c1-6-15(3)23(28-16(4)7-2)17(5)29-24-21-14-19(18-8-11-20(27)12-9-18)10-13-22(21)30-25(26)31-24/h7-15,17H,6H2,1-5H3,(H,29,30,31)/b16-7-,28-23?. The van der Waals surface area contributed by atoms with E-state index in [-0.39, 0.29) is 17.1 Å². The van der Waals surface area contributed by atoms with Gasteiger partial charge in [0.25, 0.3) is 0 Å². The van der Waals surface area contributed by atoms with Gasteiger partial charge in [-0.3, -0.25) is 4.99 Å². The fourth-order valence-electron chi connectivity index (χ4n) is 3.42. The predicted molar refractivity (Wildman–Crippen MR) is 129 cm³/mol. The Morgan fingerprint density at radius 3 is 2.45 bits per heavy atom. The Hall–Kier alpha value is -2.79. The van der Waals surface area contributed by atoms with Gasteiger partial charge in [-0.25, -0.2) is 14.4 Å². The van der Waals surface area contributed by atoms with Gasteiger partial charge in [-0.05, 0) is 80.1 Å². The highest BCUT2D eigenvalue weighted by Gasteiger charge is 2.19. The second kappa shape index (κ2) is 10.0. The molecule has 0 saturated carbocycles. The number of nitrogens with one attached hydrogen (secondary N) is 1. The molecule has 2 aromatic carbocycles. The number of fused-ring (bicyclic) bond motifs is 1. The van der Waals surface area contributed by atoms with Crippen molar-refractivity contribution in [3.8, 4) is 11.1 Å². The summed E-state index contributed by atoms with van der Waals surface area (Å²) in [5, 5.41) is 4.54. The topological polar surface area (TPSA) is 50.2 Å². The number of allylic oxidation sites excluding steroid dienone is 2. The van der Waals surface area contributed by atoms with Crippen molar-refractivity contribution < 1.29 is 4.39 Å². The van der Waals surface area contributed by atoms with Gasteiger partial charge in [0.05, 0.1) is 11.6 Å². The number of anilines is 1. The van der Waals surface area contributed by atoms with E-state index in [2.05, 4.69) is 36.1 Å². The van der Waals surface area contributed by atoms with E-state index < -0.39 is 0 Å². The molecule has 0 saturated heterocycles. The molecule has 31 heavy (non-hydrogen) atoms. The minimum Gasteiger partial charge on any atom is -0.362 e.